The molecule has 0 aliphatic rings. The van der Waals surface area contributed by atoms with Crippen LogP contribution >= 0.6 is 0 Å². The highest BCUT2D eigenvalue weighted by atomic mass is 16.5. The summed E-state index contributed by atoms with van der Waals surface area (Å²) in [5, 5.41) is 9.53. The molecular weight excluding hydrogens is 480 g/mol. The first kappa shape index (κ1) is 35.3. The van der Waals surface area contributed by atoms with Gasteiger partial charge in [0.1, 0.15) is 0 Å². The Morgan fingerprint density at radius 3 is 1.54 bits per heavy atom. The van der Waals surface area contributed by atoms with Crippen molar-refractivity contribution in [2.24, 2.45) is 0 Å². The number of hydrogen-bond acceptors (Lipinski definition) is 3. The zero-order valence-corrected chi connectivity index (χ0v) is 25.8. The molecule has 0 amide bonds. The fraction of sp³-hybridized carbons (Fsp3) is 0.722. The molecule has 1 aromatic carbocycles. The number of hydrogen-bond donors (Lipinski definition) is 1. The second kappa shape index (κ2) is 27.8. The van der Waals surface area contributed by atoms with Crippen LogP contribution in [0.15, 0.2) is 42.5 Å². The van der Waals surface area contributed by atoms with Gasteiger partial charge in [0.15, 0.2) is 11.5 Å². The Kier molecular flexibility index (Phi) is 25.2. The summed E-state index contributed by atoms with van der Waals surface area (Å²) in [5.74, 6) is 1.58. The monoisotopic (exact) mass is 542 g/mol. The molecule has 1 N–H and O–H groups in total. The van der Waals surface area contributed by atoms with Crippen LogP contribution in [0, 0.1) is 0 Å². The molecule has 0 aliphatic heterocycles. The van der Waals surface area contributed by atoms with Crippen LogP contribution < -0.4 is 9.47 Å². The molecule has 0 atom stereocenters. The Morgan fingerprint density at radius 2 is 1.03 bits per heavy atom. The van der Waals surface area contributed by atoms with E-state index in [2.05, 4.69) is 38.2 Å². The van der Waals surface area contributed by atoms with Gasteiger partial charge in [-0.2, -0.15) is 0 Å². The van der Waals surface area contributed by atoms with E-state index in [-0.39, 0.29) is 6.61 Å². The van der Waals surface area contributed by atoms with Gasteiger partial charge in [-0.15, -0.1) is 0 Å². The molecule has 0 bridgehead atoms. The number of aliphatic hydroxyl groups excluding tert-OH is 1. The highest BCUT2D eigenvalue weighted by molar-refractivity contribution is 5.42. The average Bonchev–Trinajstić information content (AvgIpc) is 2.96. The summed E-state index contributed by atoms with van der Waals surface area (Å²) in [5.41, 5.74) is 0.871. The lowest BCUT2D eigenvalue weighted by molar-refractivity contribution is 0.254. The minimum absolute atomic E-state index is 0.0266. The van der Waals surface area contributed by atoms with E-state index in [9.17, 15) is 5.11 Å². The van der Waals surface area contributed by atoms with Crippen molar-refractivity contribution < 1.29 is 14.6 Å². The number of rotatable bonds is 28. The van der Waals surface area contributed by atoms with Gasteiger partial charge >= 0.3 is 0 Å². The molecule has 3 nitrogen and oxygen atoms in total. The second-order valence-corrected chi connectivity index (χ2v) is 11.1. The predicted octanol–water partition coefficient (Wildman–Crippen LogP) is 11.3. The number of unbranched alkanes of at least 4 members (excludes halogenated alkanes) is 18. The van der Waals surface area contributed by atoms with Crippen molar-refractivity contribution in [3.8, 4) is 11.5 Å². The van der Waals surface area contributed by atoms with Gasteiger partial charge in [0, 0.05) is 0 Å². The van der Waals surface area contributed by atoms with E-state index in [4.69, 9.17) is 9.47 Å². The van der Waals surface area contributed by atoms with E-state index in [0.717, 1.165) is 36.5 Å². The second-order valence-electron chi connectivity index (χ2n) is 11.1. The summed E-state index contributed by atoms with van der Waals surface area (Å²) >= 11 is 0. The van der Waals surface area contributed by atoms with Crippen molar-refractivity contribution in [1.82, 2.24) is 0 Å². The molecule has 39 heavy (non-hydrogen) atoms. The molecule has 0 spiro atoms. The lowest BCUT2D eigenvalue weighted by atomic mass is 10.1. The first-order chi connectivity index (χ1) is 19.3. The minimum atomic E-state index is 0.0266. The molecular formula is C36H62O3. The number of aliphatic hydroxyl groups is 1. The fourth-order valence-electron chi connectivity index (χ4n) is 4.83. The van der Waals surface area contributed by atoms with Crippen LogP contribution in [0.25, 0.3) is 0 Å². The Labute approximate surface area is 242 Å². The lowest BCUT2D eigenvalue weighted by Gasteiger charge is -2.14. The Morgan fingerprint density at radius 1 is 0.564 bits per heavy atom. The maximum Gasteiger partial charge on any atom is 0.161 e. The van der Waals surface area contributed by atoms with Gasteiger partial charge in [-0.25, -0.2) is 0 Å². The maximum absolute atomic E-state index is 9.53. The molecule has 0 unspecified atom stereocenters. The molecule has 1 rings (SSSR count). The molecule has 0 aromatic heterocycles. The van der Waals surface area contributed by atoms with Gasteiger partial charge in [0.25, 0.3) is 0 Å². The predicted molar refractivity (Wildman–Crippen MR) is 170 cm³/mol. The van der Waals surface area contributed by atoms with E-state index in [1.165, 1.54) is 122 Å². The summed E-state index contributed by atoms with van der Waals surface area (Å²) in [7, 11) is 0. The Balaban J connectivity index is 2.07. The highest BCUT2D eigenvalue weighted by Crippen LogP contribution is 2.29. The molecule has 0 saturated heterocycles. The normalized spacial score (nSPS) is 11.7. The molecule has 0 aliphatic carbocycles. The molecule has 3 heteroatoms. The standard InChI is InChI=1S/C36H62O3/c1-3-5-7-9-11-13-14-15-16-17-18-19-21-23-24-26-30-38-35-29-28-34(33-37)32-36(35)39-31-27-25-22-20-12-10-8-6-4-2/h4,6,15-16,28-29,32,37H,3,5,7-14,17-27,30-31,33H2,1-2H3/b6-4-,16-15-. The van der Waals surface area contributed by atoms with Gasteiger partial charge < -0.3 is 14.6 Å². The van der Waals surface area contributed by atoms with E-state index in [1.807, 2.05) is 18.2 Å². The smallest absolute Gasteiger partial charge is 0.161 e. The Bertz CT molecular complexity index is 709. The Hall–Kier alpha value is -1.74. The van der Waals surface area contributed by atoms with E-state index in [1.54, 1.807) is 0 Å². The summed E-state index contributed by atoms with van der Waals surface area (Å²) < 4.78 is 12.1. The lowest BCUT2D eigenvalue weighted by Crippen LogP contribution is -2.03. The summed E-state index contributed by atoms with van der Waals surface area (Å²) in [6, 6.07) is 5.81. The molecule has 0 fully saturated rings. The van der Waals surface area contributed by atoms with Crippen molar-refractivity contribution in [2.45, 2.75) is 155 Å². The quantitative estimate of drug-likeness (QED) is 0.0845. The fourth-order valence-corrected chi connectivity index (χ4v) is 4.83. The van der Waals surface area contributed by atoms with E-state index >= 15 is 0 Å². The third-order valence-corrected chi connectivity index (χ3v) is 7.36. The molecule has 0 saturated carbocycles. The van der Waals surface area contributed by atoms with Gasteiger partial charge in [-0.1, -0.05) is 121 Å². The van der Waals surface area contributed by atoms with Crippen molar-refractivity contribution >= 4 is 0 Å². The van der Waals surface area contributed by atoms with Crippen molar-refractivity contribution in [1.29, 1.82) is 0 Å². The number of allylic oxidation sites excluding steroid dienone is 4. The SMILES string of the molecule is C/C=C\CCCCCCCCOc1cc(CO)ccc1OCCCCCCCC/C=C\CCCCCCCC. The van der Waals surface area contributed by atoms with Gasteiger partial charge in [0.05, 0.1) is 19.8 Å². The van der Waals surface area contributed by atoms with E-state index in [0.29, 0.717) is 6.61 Å². The van der Waals surface area contributed by atoms with Crippen molar-refractivity contribution in [3.05, 3.63) is 48.1 Å². The summed E-state index contributed by atoms with van der Waals surface area (Å²) in [6.07, 6.45) is 36.2. The van der Waals surface area contributed by atoms with Crippen molar-refractivity contribution in [2.75, 3.05) is 13.2 Å². The van der Waals surface area contributed by atoms with Crippen LogP contribution in [0.2, 0.25) is 0 Å². The molecule has 224 valence electrons. The molecule has 0 heterocycles. The van der Waals surface area contributed by atoms with Gasteiger partial charge in [-0.05, 0) is 76.0 Å². The van der Waals surface area contributed by atoms with E-state index < -0.39 is 0 Å². The number of ether oxygens (including phenoxy) is 2. The zero-order valence-electron chi connectivity index (χ0n) is 25.8. The van der Waals surface area contributed by atoms with Crippen LogP contribution in [0.1, 0.15) is 154 Å². The summed E-state index contributed by atoms with van der Waals surface area (Å²) in [6.45, 7) is 5.83. The zero-order chi connectivity index (χ0) is 28.1. The van der Waals surface area contributed by atoms with Gasteiger partial charge in [0.2, 0.25) is 0 Å². The van der Waals surface area contributed by atoms with Crippen LogP contribution in [-0.2, 0) is 6.61 Å². The summed E-state index contributed by atoms with van der Waals surface area (Å²) in [4.78, 5) is 0. The first-order valence-corrected chi connectivity index (χ1v) is 16.6. The third kappa shape index (κ3) is 21.7. The van der Waals surface area contributed by atoms with Crippen LogP contribution in [-0.4, -0.2) is 18.3 Å². The van der Waals surface area contributed by atoms with Crippen LogP contribution in [0.3, 0.4) is 0 Å². The molecule has 1 aromatic rings. The minimum Gasteiger partial charge on any atom is -0.490 e. The molecule has 0 radical (unpaired) electrons. The van der Waals surface area contributed by atoms with Gasteiger partial charge in [-0.3, -0.25) is 0 Å². The third-order valence-electron chi connectivity index (χ3n) is 7.36. The topological polar surface area (TPSA) is 38.7 Å². The largest absolute Gasteiger partial charge is 0.490 e. The van der Waals surface area contributed by atoms with Crippen LogP contribution in [0.4, 0.5) is 0 Å². The highest BCUT2D eigenvalue weighted by Gasteiger charge is 2.07. The van der Waals surface area contributed by atoms with Crippen LogP contribution in [0.5, 0.6) is 11.5 Å². The number of benzene rings is 1. The average molecular weight is 543 g/mol. The van der Waals surface area contributed by atoms with Crippen molar-refractivity contribution in [3.63, 3.8) is 0 Å². The first-order valence-electron chi connectivity index (χ1n) is 16.6. The maximum atomic E-state index is 9.53.